The highest BCUT2D eigenvalue weighted by atomic mass is 79.9. The first-order valence-electron chi connectivity index (χ1n) is 8.07. The molecule has 0 bridgehead atoms. The number of hydrogen-bond donors (Lipinski definition) is 1. The molecule has 1 N–H and O–H groups in total. The van der Waals surface area contributed by atoms with E-state index in [4.69, 9.17) is 14.9 Å². The molecular weight excluding hydrogens is 386 g/mol. The summed E-state index contributed by atoms with van der Waals surface area (Å²) in [4.78, 5) is 11.3. The summed E-state index contributed by atoms with van der Waals surface area (Å²) in [5.41, 5.74) is 2.12. The van der Waals surface area contributed by atoms with Gasteiger partial charge in [0.15, 0.2) is 0 Å². The predicted molar refractivity (Wildman–Crippen MR) is 101 cm³/mol. The van der Waals surface area contributed by atoms with Crippen molar-refractivity contribution < 1.29 is 14.3 Å². The molecule has 0 saturated carbocycles. The summed E-state index contributed by atoms with van der Waals surface area (Å²) in [7, 11) is 1.63. The minimum absolute atomic E-state index is 0. The lowest BCUT2D eigenvalue weighted by Crippen LogP contribution is -2.22. The van der Waals surface area contributed by atoms with Crippen LogP contribution >= 0.6 is 17.0 Å². The fourth-order valence-corrected chi connectivity index (χ4v) is 2.31. The van der Waals surface area contributed by atoms with Crippen molar-refractivity contribution in [3.05, 3.63) is 41.9 Å². The minimum Gasteiger partial charge on any atom is -0.497 e. The predicted octanol–water partition coefficient (Wildman–Crippen LogP) is 3.35. The average Bonchev–Trinajstić information content (AvgIpc) is 2.60. The summed E-state index contributed by atoms with van der Waals surface area (Å²) in [5, 5.41) is 12.5. The first-order valence-corrected chi connectivity index (χ1v) is 8.07. The van der Waals surface area contributed by atoms with E-state index in [-0.39, 0.29) is 23.0 Å². The smallest absolute Gasteiger partial charge is 0.305 e. The van der Waals surface area contributed by atoms with Crippen LogP contribution in [0.2, 0.25) is 0 Å². The monoisotopic (exact) mass is 409 g/mol. The van der Waals surface area contributed by atoms with E-state index in [0.717, 1.165) is 29.8 Å². The number of aryl methyl sites for hydroxylation is 1. The molecule has 0 aliphatic rings. The number of nitrogens with zero attached hydrogens (tertiary/aromatic N) is 2. The van der Waals surface area contributed by atoms with Gasteiger partial charge in [0.25, 0.3) is 0 Å². The fraction of sp³-hybridized carbons (Fsp3) is 0.389. The van der Waals surface area contributed by atoms with Gasteiger partial charge in [-0.2, -0.15) is 5.10 Å². The molecule has 0 amide bonds. The number of carbonyl (C=O) groups is 1. The molecule has 1 heterocycles. The molecule has 6 nitrogen and oxygen atoms in total. The lowest BCUT2D eigenvalue weighted by Gasteiger charge is -2.09. The number of unbranched alkanes of at least 4 members (excludes halogenated alkanes) is 1. The molecule has 0 radical (unpaired) electrons. The second-order valence-corrected chi connectivity index (χ2v) is 5.32. The second-order valence-electron chi connectivity index (χ2n) is 5.32. The SMILES string of the molecule is Br.CCOC(=O)CCCCn1nc(-c2ccc(OC)cc2)ccc1=N. The summed E-state index contributed by atoms with van der Waals surface area (Å²) >= 11 is 0. The zero-order valence-electron chi connectivity index (χ0n) is 14.5. The van der Waals surface area contributed by atoms with Gasteiger partial charge in [-0.1, -0.05) is 0 Å². The Bertz CT molecular complexity index is 729. The highest BCUT2D eigenvalue weighted by Gasteiger charge is 2.04. The molecule has 0 aliphatic heterocycles. The van der Waals surface area contributed by atoms with E-state index in [0.29, 0.717) is 25.1 Å². The Labute approximate surface area is 158 Å². The number of rotatable bonds is 8. The fourth-order valence-electron chi connectivity index (χ4n) is 2.31. The van der Waals surface area contributed by atoms with Crippen molar-refractivity contribution in [1.29, 1.82) is 5.41 Å². The summed E-state index contributed by atoms with van der Waals surface area (Å²) in [6.45, 7) is 2.81. The minimum atomic E-state index is -0.173. The third-order valence-electron chi connectivity index (χ3n) is 3.60. The summed E-state index contributed by atoms with van der Waals surface area (Å²) in [5.74, 6) is 0.622. The van der Waals surface area contributed by atoms with Crippen LogP contribution in [-0.4, -0.2) is 29.5 Å². The molecule has 136 valence electrons. The van der Waals surface area contributed by atoms with Gasteiger partial charge in [-0.15, -0.1) is 17.0 Å². The third-order valence-corrected chi connectivity index (χ3v) is 3.60. The largest absolute Gasteiger partial charge is 0.497 e. The van der Waals surface area contributed by atoms with Crippen LogP contribution in [0.1, 0.15) is 26.2 Å². The van der Waals surface area contributed by atoms with Crippen molar-refractivity contribution in [3.63, 3.8) is 0 Å². The normalized spacial score (nSPS) is 10.0. The highest BCUT2D eigenvalue weighted by Crippen LogP contribution is 2.19. The van der Waals surface area contributed by atoms with E-state index >= 15 is 0 Å². The van der Waals surface area contributed by atoms with Gasteiger partial charge in [0.1, 0.15) is 11.2 Å². The molecule has 0 spiro atoms. The topological polar surface area (TPSA) is 77.2 Å². The Morgan fingerprint density at radius 1 is 1.16 bits per heavy atom. The van der Waals surface area contributed by atoms with E-state index in [9.17, 15) is 4.79 Å². The number of ether oxygens (including phenoxy) is 2. The molecule has 0 atom stereocenters. The van der Waals surface area contributed by atoms with Crippen LogP contribution in [0, 0.1) is 5.41 Å². The zero-order chi connectivity index (χ0) is 17.4. The quantitative estimate of drug-likeness (QED) is 0.535. The van der Waals surface area contributed by atoms with E-state index in [1.165, 1.54) is 0 Å². The summed E-state index contributed by atoms with van der Waals surface area (Å²) < 4.78 is 11.7. The van der Waals surface area contributed by atoms with E-state index in [2.05, 4.69) is 5.10 Å². The first kappa shape index (κ1) is 20.9. The molecule has 0 unspecified atom stereocenters. The van der Waals surface area contributed by atoms with E-state index in [1.54, 1.807) is 24.8 Å². The molecule has 0 fully saturated rings. The number of halogens is 1. The molecular formula is C18H24BrN3O3. The highest BCUT2D eigenvalue weighted by molar-refractivity contribution is 8.93. The molecule has 1 aromatic heterocycles. The van der Waals surface area contributed by atoms with Crippen molar-refractivity contribution in [2.24, 2.45) is 0 Å². The number of esters is 1. The van der Waals surface area contributed by atoms with Gasteiger partial charge in [-0.25, -0.2) is 4.68 Å². The standard InChI is InChI=1S/C18H23N3O3.BrH/c1-3-24-18(22)6-4-5-13-21-17(19)12-11-16(20-21)14-7-9-15(23-2)10-8-14;/h7-12,19H,3-6,13H2,1-2H3;1H. The number of methoxy groups -OCH3 is 1. The number of benzene rings is 1. The number of carbonyl (C=O) groups excluding carboxylic acids is 1. The van der Waals surface area contributed by atoms with Gasteiger partial charge in [0.2, 0.25) is 0 Å². The van der Waals surface area contributed by atoms with Crippen LogP contribution < -0.4 is 10.2 Å². The maximum absolute atomic E-state index is 11.3. The number of aromatic nitrogens is 2. The molecule has 2 rings (SSSR count). The molecule has 0 aliphatic carbocycles. The van der Waals surface area contributed by atoms with E-state index < -0.39 is 0 Å². The van der Waals surface area contributed by atoms with Gasteiger partial charge < -0.3 is 9.47 Å². The van der Waals surface area contributed by atoms with Crippen molar-refractivity contribution in [1.82, 2.24) is 9.78 Å². The first-order chi connectivity index (χ1) is 11.6. The third kappa shape index (κ3) is 6.34. The molecule has 0 saturated heterocycles. The Kier molecular flexibility index (Phi) is 8.91. The van der Waals surface area contributed by atoms with Crippen LogP contribution in [-0.2, 0) is 16.1 Å². The van der Waals surface area contributed by atoms with Crippen LogP contribution in [0.4, 0.5) is 0 Å². The summed E-state index contributed by atoms with van der Waals surface area (Å²) in [6.07, 6.45) is 1.90. The van der Waals surface area contributed by atoms with E-state index in [1.807, 2.05) is 30.3 Å². The molecule has 1 aromatic carbocycles. The molecule has 25 heavy (non-hydrogen) atoms. The van der Waals surface area contributed by atoms with Crippen molar-refractivity contribution in [2.75, 3.05) is 13.7 Å². The number of nitrogens with one attached hydrogen (secondary N) is 1. The average molecular weight is 410 g/mol. The molecule has 2 aromatic rings. The second kappa shape index (κ2) is 10.7. The zero-order valence-corrected chi connectivity index (χ0v) is 16.2. The van der Waals surface area contributed by atoms with Crippen molar-refractivity contribution in [2.45, 2.75) is 32.7 Å². The van der Waals surface area contributed by atoms with Gasteiger partial charge in [-0.3, -0.25) is 10.2 Å². The van der Waals surface area contributed by atoms with Gasteiger partial charge in [0, 0.05) is 18.5 Å². The van der Waals surface area contributed by atoms with Crippen LogP contribution in [0.15, 0.2) is 36.4 Å². The lowest BCUT2D eigenvalue weighted by molar-refractivity contribution is -0.143. The Hall–Kier alpha value is -2.15. The number of hydrogen-bond acceptors (Lipinski definition) is 5. The van der Waals surface area contributed by atoms with Gasteiger partial charge in [0.05, 0.1) is 19.4 Å². The van der Waals surface area contributed by atoms with Crippen LogP contribution in [0.5, 0.6) is 5.75 Å². The molecule has 7 heteroatoms. The van der Waals surface area contributed by atoms with Crippen molar-refractivity contribution >= 4 is 23.0 Å². The Balaban J connectivity index is 0.00000312. The maximum Gasteiger partial charge on any atom is 0.305 e. The van der Waals surface area contributed by atoms with Crippen molar-refractivity contribution in [3.8, 4) is 17.0 Å². The Morgan fingerprint density at radius 3 is 2.52 bits per heavy atom. The summed E-state index contributed by atoms with van der Waals surface area (Å²) in [6, 6.07) is 11.2. The Morgan fingerprint density at radius 2 is 1.88 bits per heavy atom. The van der Waals surface area contributed by atoms with Crippen LogP contribution in [0.25, 0.3) is 11.3 Å². The van der Waals surface area contributed by atoms with Crippen LogP contribution in [0.3, 0.4) is 0 Å². The van der Waals surface area contributed by atoms with Gasteiger partial charge in [-0.05, 0) is 56.2 Å². The lowest BCUT2D eigenvalue weighted by atomic mass is 10.1. The maximum atomic E-state index is 11.3. The van der Waals surface area contributed by atoms with Gasteiger partial charge >= 0.3 is 5.97 Å².